The molecule has 0 aromatic rings. The third-order valence-electron chi connectivity index (χ3n) is 3.86. The van der Waals surface area contributed by atoms with Crippen LogP contribution in [-0.4, -0.2) is 11.4 Å². The van der Waals surface area contributed by atoms with Crippen molar-refractivity contribution in [2.24, 2.45) is 11.8 Å². The van der Waals surface area contributed by atoms with Crippen LogP contribution in [0.15, 0.2) is 12.2 Å². The summed E-state index contributed by atoms with van der Waals surface area (Å²) in [6, 6.07) is 0. The smallest absolute Gasteiger partial charge is 0.223 e. The Hall–Kier alpha value is -0.790. The molecule has 1 aliphatic carbocycles. The van der Waals surface area contributed by atoms with Gasteiger partial charge in [0.2, 0.25) is 5.91 Å². The lowest BCUT2D eigenvalue weighted by Crippen LogP contribution is -2.44. The first-order valence-corrected chi connectivity index (χ1v) is 7.74. The Morgan fingerprint density at radius 1 is 1.32 bits per heavy atom. The Morgan fingerprint density at radius 2 is 1.89 bits per heavy atom. The maximum absolute atomic E-state index is 12.3. The summed E-state index contributed by atoms with van der Waals surface area (Å²) < 4.78 is 0. The van der Waals surface area contributed by atoms with Crippen LogP contribution in [0.2, 0.25) is 0 Å². The van der Waals surface area contributed by atoms with Crippen LogP contribution in [0.25, 0.3) is 0 Å². The van der Waals surface area contributed by atoms with Crippen molar-refractivity contribution in [1.29, 1.82) is 0 Å². The number of rotatable bonds is 6. The van der Waals surface area contributed by atoms with Crippen LogP contribution in [0, 0.1) is 11.8 Å². The molecule has 2 nitrogen and oxygen atoms in total. The van der Waals surface area contributed by atoms with Gasteiger partial charge < -0.3 is 5.32 Å². The molecule has 1 fully saturated rings. The van der Waals surface area contributed by atoms with E-state index in [1.807, 2.05) is 27.7 Å². The van der Waals surface area contributed by atoms with E-state index in [0.717, 1.165) is 24.3 Å². The summed E-state index contributed by atoms with van der Waals surface area (Å²) in [5, 5.41) is 3.12. The molecule has 0 saturated heterocycles. The number of carbonyl (C=O) groups excluding carboxylic acids is 1. The van der Waals surface area contributed by atoms with Crippen LogP contribution in [0.4, 0.5) is 0 Å². The minimum absolute atomic E-state index is 0.109. The SMILES string of the molecule is C=C(C)CC(CCC1CCCC1)C(=O)NC(C)(C)C. The second kappa shape index (κ2) is 7.12. The number of carbonyl (C=O) groups is 1. The molecule has 0 aromatic heterocycles. The van der Waals surface area contributed by atoms with Crippen molar-refractivity contribution in [3.05, 3.63) is 12.2 Å². The number of hydrogen-bond donors (Lipinski definition) is 1. The Labute approximate surface area is 119 Å². The van der Waals surface area contributed by atoms with Crippen LogP contribution in [0.5, 0.6) is 0 Å². The van der Waals surface area contributed by atoms with Crippen molar-refractivity contribution in [2.45, 2.75) is 78.2 Å². The Kier molecular flexibility index (Phi) is 6.09. The van der Waals surface area contributed by atoms with Gasteiger partial charge in [0, 0.05) is 11.5 Å². The molecule has 0 heterocycles. The van der Waals surface area contributed by atoms with Gasteiger partial charge in [-0.25, -0.2) is 0 Å². The molecule has 0 radical (unpaired) electrons. The second-order valence-corrected chi connectivity index (χ2v) is 7.33. The van der Waals surface area contributed by atoms with Gasteiger partial charge in [-0.05, 0) is 52.9 Å². The van der Waals surface area contributed by atoms with E-state index in [0.29, 0.717) is 0 Å². The van der Waals surface area contributed by atoms with Gasteiger partial charge in [-0.15, -0.1) is 6.58 Å². The first-order chi connectivity index (χ1) is 8.78. The van der Waals surface area contributed by atoms with Gasteiger partial charge >= 0.3 is 0 Å². The first-order valence-electron chi connectivity index (χ1n) is 7.74. The summed E-state index contributed by atoms with van der Waals surface area (Å²) in [7, 11) is 0. The molecular formula is C17H31NO. The Bertz CT molecular complexity index is 308. The molecule has 2 heteroatoms. The van der Waals surface area contributed by atoms with Crippen molar-refractivity contribution >= 4 is 5.91 Å². The zero-order chi connectivity index (χ0) is 14.5. The van der Waals surface area contributed by atoms with E-state index in [4.69, 9.17) is 0 Å². The highest BCUT2D eigenvalue weighted by Gasteiger charge is 2.24. The van der Waals surface area contributed by atoms with Gasteiger partial charge in [-0.2, -0.15) is 0 Å². The predicted octanol–water partition coefficient (Wildman–Crippen LogP) is 4.45. The minimum Gasteiger partial charge on any atom is -0.351 e. The molecule has 1 N–H and O–H groups in total. The maximum atomic E-state index is 12.3. The van der Waals surface area contributed by atoms with Gasteiger partial charge in [0.1, 0.15) is 0 Å². The second-order valence-electron chi connectivity index (χ2n) is 7.33. The van der Waals surface area contributed by atoms with Gasteiger partial charge in [-0.3, -0.25) is 4.79 Å². The topological polar surface area (TPSA) is 29.1 Å². The summed E-state index contributed by atoms with van der Waals surface area (Å²) in [6.07, 6.45) is 8.53. The van der Waals surface area contributed by atoms with Crippen molar-refractivity contribution in [1.82, 2.24) is 5.32 Å². The van der Waals surface area contributed by atoms with Gasteiger partial charge in [0.15, 0.2) is 0 Å². The quantitative estimate of drug-likeness (QED) is 0.706. The minimum atomic E-state index is -0.141. The van der Waals surface area contributed by atoms with E-state index >= 15 is 0 Å². The highest BCUT2D eigenvalue weighted by atomic mass is 16.2. The lowest BCUT2D eigenvalue weighted by atomic mass is 9.89. The average Bonchev–Trinajstić information content (AvgIpc) is 2.73. The zero-order valence-corrected chi connectivity index (χ0v) is 13.2. The predicted molar refractivity (Wildman–Crippen MR) is 82.0 cm³/mol. The monoisotopic (exact) mass is 265 g/mol. The number of amides is 1. The molecule has 1 unspecified atom stereocenters. The third-order valence-corrected chi connectivity index (χ3v) is 3.86. The molecular weight excluding hydrogens is 234 g/mol. The lowest BCUT2D eigenvalue weighted by molar-refractivity contribution is -0.126. The van der Waals surface area contributed by atoms with Crippen molar-refractivity contribution < 1.29 is 4.79 Å². The van der Waals surface area contributed by atoms with Crippen molar-refractivity contribution in [2.75, 3.05) is 0 Å². The summed E-state index contributed by atoms with van der Waals surface area (Å²) in [4.78, 5) is 12.3. The third kappa shape index (κ3) is 6.79. The van der Waals surface area contributed by atoms with Crippen molar-refractivity contribution in [3.8, 4) is 0 Å². The number of allylic oxidation sites excluding steroid dienone is 1. The van der Waals surface area contributed by atoms with Gasteiger partial charge in [0.05, 0.1) is 0 Å². The molecule has 1 atom stereocenters. The fourth-order valence-corrected chi connectivity index (χ4v) is 2.95. The standard InChI is InChI=1S/C17H31NO/c1-13(2)12-15(16(19)18-17(3,4)5)11-10-14-8-6-7-9-14/h14-15H,1,6-12H2,2-5H3,(H,18,19). The molecule has 110 valence electrons. The lowest BCUT2D eigenvalue weighted by Gasteiger charge is -2.25. The average molecular weight is 265 g/mol. The highest BCUT2D eigenvalue weighted by Crippen LogP contribution is 2.31. The van der Waals surface area contributed by atoms with E-state index < -0.39 is 0 Å². The van der Waals surface area contributed by atoms with Crippen LogP contribution in [0.3, 0.4) is 0 Å². The molecule has 1 rings (SSSR count). The molecule has 1 amide bonds. The summed E-state index contributed by atoms with van der Waals surface area (Å²) in [6.45, 7) is 12.1. The molecule has 0 aromatic carbocycles. The normalized spacial score (nSPS) is 18.3. The van der Waals surface area contributed by atoms with Crippen molar-refractivity contribution in [3.63, 3.8) is 0 Å². The van der Waals surface area contributed by atoms with Crippen LogP contribution in [-0.2, 0) is 4.79 Å². The first kappa shape index (κ1) is 16.3. The summed E-state index contributed by atoms with van der Waals surface area (Å²) in [5.74, 6) is 1.17. The highest BCUT2D eigenvalue weighted by molar-refractivity contribution is 5.79. The number of nitrogens with one attached hydrogen (secondary N) is 1. The molecule has 0 spiro atoms. The molecule has 1 saturated carbocycles. The van der Waals surface area contributed by atoms with Crippen LogP contribution >= 0.6 is 0 Å². The maximum Gasteiger partial charge on any atom is 0.223 e. The fraction of sp³-hybridized carbons (Fsp3) is 0.824. The molecule has 0 bridgehead atoms. The molecule has 1 aliphatic rings. The fourth-order valence-electron chi connectivity index (χ4n) is 2.95. The largest absolute Gasteiger partial charge is 0.351 e. The Balaban J connectivity index is 2.49. The van der Waals surface area contributed by atoms with E-state index in [1.165, 1.54) is 32.1 Å². The van der Waals surface area contributed by atoms with E-state index in [-0.39, 0.29) is 17.4 Å². The van der Waals surface area contributed by atoms with Gasteiger partial charge in [0.25, 0.3) is 0 Å². The molecule has 0 aliphatic heterocycles. The molecule has 19 heavy (non-hydrogen) atoms. The summed E-state index contributed by atoms with van der Waals surface area (Å²) >= 11 is 0. The van der Waals surface area contributed by atoms with Gasteiger partial charge in [-0.1, -0.05) is 31.3 Å². The zero-order valence-electron chi connectivity index (χ0n) is 13.2. The Morgan fingerprint density at radius 3 is 2.37 bits per heavy atom. The van der Waals surface area contributed by atoms with E-state index in [1.54, 1.807) is 0 Å². The van der Waals surface area contributed by atoms with Crippen LogP contribution < -0.4 is 5.32 Å². The van der Waals surface area contributed by atoms with E-state index in [2.05, 4.69) is 11.9 Å². The number of hydrogen-bond acceptors (Lipinski definition) is 1. The summed E-state index contributed by atoms with van der Waals surface area (Å²) in [5.41, 5.74) is 0.970. The van der Waals surface area contributed by atoms with Crippen LogP contribution in [0.1, 0.15) is 72.6 Å². The van der Waals surface area contributed by atoms with E-state index in [9.17, 15) is 4.79 Å².